The summed E-state index contributed by atoms with van der Waals surface area (Å²) in [6.45, 7) is 5.72. The van der Waals surface area contributed by atoms with E-state index < -0.39 is 0 Å². The van der Waals surface area contributed by atoms with E-state index in [2.05, 4.69) is 12.2 Å². The van der Waals surface area contributed by atoms with E-state index in [0.717, 1.165) is 32.3 Å². The monoisotopic (exact) mass is 225 g/mol. The predicted octanol–water partition coefficient (Wildman–Crippen LogP) is 1.57. The van der Waals surface area contributed by atoms with Gasteiger partial charge in [0, 0.05) is 37.1 Å². The minimum absolute atomic E-state index is 0.521. The van der Waals surface area contributed by atoms with Crippen molar-refractivity contribution in [2.45, 2.75) is 44.8 Å². The lowest BCUT2D eigenvalue weighted by atomic mass is 9.46. The summed E-state index contributed by atoms with van der Waals surface area (Å²) in [4.78, 5) is 0. The molecule has 3 aliphatic rings. The molecule has 2 aliphatic carbocycles. The topological polar surface area (TPSA) is 30.5 Å². The van der Waals surface area contributed by atoms with Crippen molar-refractivity contribution in [1.82, 2.24) is 5.32 Å². The fourth-order valence-corrected chi connectivity index (χ4v) is 3.99. The second kappa shape index (κ2) is 4.28. The zero-order valence-corrected chi connectivity index (χ0v) is 10.2. The maximum Gasteiger partial charge on any atom is 0.0690 e. The third-order valence-corrected chi connectivity index (χ3v) is 4.85. The predicted molar refractivity (Wildman–Crippen MR) is 62.4 cm³/mol. The van der Waals surface area contributed by atoms with E-state index in [9.17, 15) is 0 Å². The van der Waals surface area contributed by atoms with Crippen LogP contribution >= 0.6 is 0 Å². The van der Waals surface area contributed by atoms with Gasteiger partial charge in [-0.15, -0.1) is 0 Å². The van der Waals surface area contributed by atoms with Crippen LogP contribution in [0.3, 0.4) is 0 Å². The van der Waals surface area contributed by atoms with Crippen molar-refractivity contribution in [3.63, 3.8) is 0 Å². The molecule has 3 heteroatoms. The zero-order valence-electron chi connectivity index (χ0n) is 10.2. The number of fused-ring (bicyclic) bond motifs is 2. The lowest BCUT2D eigenvalue weighted by molar-refractivity contribution is -0.176. The molecular formula is C13H23NO2. The average molecular weight is 225 g/mol. The van der Waals surface area contributed by atoms with Crippen LogP contribution in [0.15, 0.2) is 0 Å². The highest BCUT2D eigenvalue weighted by Crippen LogP contribution is 2.62. The van der Waals surface area contributed by atoms with E-state index in [-0.39, 0.29) is 0 Å². The van der Waals surface area contributed by atoms with E-state index in [1.54, 1.807) is 0 Å². The van der Waals surface area contributed by atoms with Gasteiger partial charge >= 0.3 is 0 Å². The summed E-state index contributed by atoms with van der Waals surface area (Å²) in [6.07, 6.45) is 6.00. The first kappa shape index (κ1) is 11.0. The van der Waals surface area contributed by atoms with Crippen molar-refractivity contribution in [3.05, 3.63) is 0 Å². The molecule has 0 amide bonds. The minimum atomic E-state index is 0.521. The fraction of sp³-hybridized carbons (Fsp3) is 1.00. The Balaban J connectivity index is 1.53. The first-order chi connectivity index (χ1) is 7.88. The van der Waals surface area contributed by atoms with Gasteiger partial charge in [0.15, 0.2) is 0 Å². The van der Waals surface area contributed by atoms with Gasteiger partial charge in [-0.3, -0.25) is 0 Å². The summed E-state index contributed by atoms with van der Waals surface area (Å²) < 4.78 is 11.3. The molecule has 3 fully saturated rings. The van der Waals surface area contributed by atoms with Crippen molar-refractivity contribution in [3.8, 4) is 0 Å². The van der Waals surface area contributed by atoms with Crippen LogP contribution in [-0.2, 0) is 9.47 Å². The number of nitrogens with one attached hydrogen (secondary N) is 1. The van der Waals surface area contributed by atoms with Crippen LogP contribution in [0.5, 0.6) is 0 Å². The van der Waals surface area contributed by atoms with Gasteiger partial charge in [0.05, 0.1) is 12.7 Å². The normalized spacial score (nSPS) is 39.2. The molecule has 0 radical (unpaired) electrons. The molecule has 92 valence electrons. The molecule has 3 atom stereocenters. The Labute approximate surface area is 97.9 Å². The summed E-state index contributed by atoms with van der Waals surface area (Å²) >= 11 is 0. The van der Waals surface area contributed by atoms with Crippen molar-refractivity contribution >= 4 is 0 Å². The van der Waals surface area contributed by atoms with Crippen LogP contribution in [0.25, 0.3) is 0 Å². The Hall–Kier alpha value is -0.120. The Bertz CT molecular complexity index is 252. The van der Waals surface area contributed by atoms with Crippen molar-refractivity contribution < 1.29 is 9.47 Å². The number of ether oxygens (including phenoxy) is 2. The van der Waals surface area contributed by atoms with Gasteiger partial charge in [-0.25, -0.2) is 0 Å². The van der Waals surface area contributed by atoms with Crippen molar-refractivity contribution in [2.75, 3.05) is 26.4 Å². The van der Waals surface area contributed by atoms with E-state index in [4.69, 9.17) is 9.47 Å². The number of rotatable bonds is 5. The fourth-order valence-electron chi connectivity index (χ4n) is 3.99. The van der Waals surface area contributed by atoms with E-state index >= 15 is 0 Å². The van der Waals surface area contributed by atoms with Gasteiger partial charge in [-0.05, 0) is 26.2 Å². The smallest absolute Gasteiger partial charge is 0.0690 e. The van der Waals surface area contributed by atoms with Gasteiger partial charge in [-0.2, -0.15) is 0 Å². The van der Waals surface area contributed by atoms with Gasteiger partial charge in [0.1, 0.15) is 0 Å². The Kier molecular flexibility index (Phi) is 2.94. The highest BCUT2D eigenvalue weighted by Gasteiger charge is 2.66. The Morgan fingerprint density at radius 3 is 3.00 bits per heavy atom. The molecule has 1 N–H and O–H groups in total. The third kappa shape index (κ3) is 1.45. The van der Waals surface area contributed by atoms with Crippen LogP contribution in [0.2, 0.25) is 0 Å². The highest BCUT2D eigenvalue weighted by molar-refractivity contribution is 5.18. The van der Waals surface area contributed by atoms with Crippen LogP contribution in [0.1, 0.15) is 32.6 Å². The van der Waals surface area contributed by atoms with E-state index in [0.29, 0.717) is 17.6 Å². The molecular weight excluding hydrogens is 202 g/mol. The van der Waals surface area contributed by atoms with Crippen molar-refractivity contribution in [1.29, 1.82) is 0 Å². The zero-order chi connectivity index (χ0) is 11.0. The molecule has 16 heavy (non-hydrogen) atoms. The summed E-state index contributed by atoms with van der Waals surface area (Å²) in [5.41, 5.74) is 0.521. The first-order valence-corrected chi connectivity index (χ1v) is 6.81. The molecule has 1 aliphatic heterocycles. The molecule has 3 rings (SSSR count). The largest absolute Gasteiger partial charge is 0.380 e. The minimum Gasteiger partial charge on any atom is -0.380 e. The highest BCUT2D eigenvalue weighted by atomic mass is 16.5. The quantitative estimate of drug-likeness (QED) is 0.720. The Morgan fingerprint density at radius 1 is 1.44 bits per heavy atom. The third-order valence-electron chi connectivity index (χ3n) is 4.85. The lowest BCUT2D eigenvalue weighted by Gasteiger charge is -2.63. The van der Waals surface area contributed by atoms with E-state index in [1.807, 2.05) is 0 Å². The van der Waals surface area contributed by atoms with Crippen LogP contribution in [0, 0.1) is 11.3 Å². The Morgan fingerprint density at radius 2 is 2.31 bits per heavy atom. The number of hydrogen-bond acceptors (Lipinski definition) is 3. The molecule has 3 unspecified atom stereocenters. The molecule has 0 bridgehead atoms. The molecule has 1 spiro atoms. The maximum atomic E-state index is 5.90. The molecule has 2 saturated carbocycles. The lowest BCUT2D eigenvalue weighted by Crippen LogP contribution is -2.71. The summed E-state index contributed by atoms with van der Waals surface area (Å²) in [5, 5.41) is 3.71. The average Bonchev–Trinajstić information content (AvgIpc) is 2.61. The summed E-state index contributed by atoms with van der Waals surface area (Å²) in [5.74, 6) is 0.793. The number of hydrogen-bond donors (Lipinski definition) is 1. The van der Waals surface area contributed by atoms with Crippen LogP contribution < -0.4 is 5.32 Å². The van der Waals surface area contributed by atoms with Gasteiger partial charge in [-0.1, -0.05) is 6.42 Å². The molecule has 0 aromatic heterocycles. The van der Waals surface area contributed by atoms with Crippen LogP contribution in [0.4, 0.5) is 0 Å². The standard InChI is InChI=1S/C13H23NO2/c1-2-15-9-7-14-11-10-4-8-16-12(10)13(11)5-3-6-13/h10-12,14H,2-9H2,1H3. The molecule has 1 saturated heterocycles. The van der Waals surface area contributed by atoms with Gasteiger partial charge in [0.2, 0.25) is 0 Å². The molecule has 0 aromatic carbocycles. The van der Waals surface area contributed by atoms with Crippen LogP contribution in [-0.4, -0.2) is 38.5 Å². The second-order valence-corrected chi connectivity index (χ2v) is 5.46. The maximum absolute atomic E-state index is 5.90. The first-order valence-electron chi connectivity index (χ1n) is 6.81. The second-order valence-electron chi connectivity index (χ2n) is 5.46. The van der Waals surface area contributed by atoms with E-state index in [1.165, 1.54) is 25.7 Å². The van der Waals surface area contributed by atoms with Crippen molar-refractivity contribution in [2.24, 2.45) is 11.3 Å². The SMILES string of the molecule is CCOCCNC1C2CCOC2C12CCC2. The summed E-state index contributed by atoms with van der Waals surface area (Å²) in [7, 11) is 0. The summed E-state index contributed by atoms with van der Waals surface area (Å²) in [6, 6.07) is 0.717. The molecule has 0 aromatic rings. The molecule has 3 nitrogen and oxygen atoms in total. The molecule has 1 heterocycles. The van der Waals surface area contributed by atoms with Gasteiger partial charge in [0.25, 0.3) is 0 Å². The van der Waals surface area contributed by atoms with Gasteiger partial charge < -0.3 is 14.8 Å².